The van der Waals surface area contributed by atoms with E-state index in [1.807, 2.05) is 0 Å². The van der Waals surface area contributed by atoms with Crippen molar-refractivity contribution in [3.05, 3.63) is 0 Å². The van der Waals surface area contributed by atoms with Crippen LogP contribution in [0.5, 0.6) is 0 Å². The normalized spacial score (nSPS) is 44.1. The van der Waals surface area contributed by atoms with Crippen LogP contribution in [0.2, 0.25) is 0 Å². The summed E-state index contributed by atoms with van der Waals surface area (Å²) in [5.41, 5.74) is 0. The molecule has 0 aromatic heterocycles. The van der Waals surface area contributed by atoms with E-state index in [9.17, 15) is 0 Å². The van der Waals surface area contributed by atoms with Crippen molar-refractivity contribution in [1.82, 2.24) is 5.32 Å². The van der Waals surface area contributed by atoms with Crippen LogP contribution in [0.1, 0.15) is 32.6 Å². The van der Waals surface area contributed by atoms with Gasteiger partial charge in [-0.25, -0.2) is 0 Å². The van der Waals surface area contributed by atoms with Gasteiger partial charge in [0.25, 0.3) is 0 Å². The molecule has 1 heterocycles. The third kappa shape index (κ3) is 1.96. The molecular weight excluding hydrogens is 174 g/mol. The summed E-state index contributed by atoms with van der Waals surface area (Å²) in [6.07, 6.45) is 5.43. The van der Waals surface area contributed by atoms with Crippen LogP contribution in [0.25, 0.3) is 0 Å². The standard InChI is InChI=1S/C12H23NO/c1-9-11(5-6-12(9)13-2)10-4-3-7-14-8-10/h9-13H,3-8H2,1-2H3. The fourth-order valence-corrected chi connectivity index (χ4v) is 3.37. The average Bonchev–Trinajstić information content (AvgIpc) is 2.61. The Kier molecular flexibility index (Phi) is 3.45. The lowest BCUT2D eigenvalue weighted by Crippen LogP contribution is -2.33. The van der Waals surface area contributed by atoms with Crippen LogP contribution >= 0.6 is 0 Å². The van der Waals surface area contributed by atoms with Gasteiger partial charge < -0.3 is 10.1 Å². The lowest BCUT2D eigenvalue weighted by Gasteiger charge is -2.31. The second-order valence-electron chi connectivity index (χ2n) is 4.97. The van der Waals surface area contributed by atoms with Gasteiger partial charge in [0.2, 0.25) is 0 Å². The molecule has 0 aromatic rings. The van der Waals surface area contributed by atoms with Gasteiger partial charge >= 0.3 is 0 Å². The zero-order valence-electron chi connectivity index (χ0n) is 9.46. The van der Waals surface area contributed by atoms with Gasteiger partial charge in [0.15, 0.2) is 0 Å². The minimum atomic E-state index is 0.752. The van der Waals surface area contributed by atoms with Crippen LogP contribution in [0.4, 0.5) is 0 Å². The monoisotopic (exact) mass is 197 g/mol. The maximum atomic E-state index is 5.59. The minimum Gasteiger partial charge on any atom is -0.381 e. The Bertz CT molecular complexity index is 177. The molecule has 1 N–H and O–H groups in total. The van der Waals surface area contributed by atoms with Crippen LogP contribution in [0.15, 0.2) is 0 Å². The van der Waals surface area contributed by atoms with Gasteiger partial charge in [0.05, 0.1) is 0 Å². The summed E-state index contributed by atoms with van der Waals surface area (Å²) in [4.78, 5) is 0. The number of nitrogens with one attached hydrogen (secondary N) is 1. The van der Waals surface area contributed by atoms with E-state index >= 15 is 0 Å². The summed E-state index contributed by atoms with van der Waals surface area (Å²) in [7, 11) is 2.10. The second-order valence-corrected chi connectivity index (χ2v) is 4.97. The van der Waals surface area contributed by atoms with Gasteiger partial charge in [-0.2, -0.15) is 0 Å². The molecular formula is C12H23NO. The molecule has 1 saturated heterocycles. The smallest absolute Gasteiger partial charge is 0.0497 e. The first-order chi connectivity index (χ1) is 6.83. The molecule has 2 rings (SSSR count). The Morgan fingerprint density at radius 3 is 2.64 bits per heavy atom. The summed E-state index contributed by atoms with van der Waals surface area (Å²) < 4.78 is 5.59. The number of hydrogen-bond acceptors (Lipinski definition) is 2. The Labute approximate surface area is 87.4 Å². The van der Waals surface area contributed by atoms with E-state index in [-0.39, 0.29) is 0 Å². The summed E-state index contributed by atoms with van der Waals surface area (Å²) in [5, 5.41) is 3.44. The van der Waals surface area contributed by atoms with Crippen molar-refractivity contribution in [2.75, 3.05) is 20.3 Å². The van der Waals surface area contributed by atoms with Gasteiger partial charge in [0, 0.05) is 19.3 Å². The molecule has 0 amide bonds. The van der Waals surface area contributed by atoms with E-state index in [1.165, 1.54) is 25.7 Å². The summed E-state index contributed by atoms with van der Waals surface area (Å²) in [6.45, 7) is 4.42. The maximum Gasteiger partial charge on any atom is 0.0497 e. The zero-order chi connectivity index (χ0) is 9.97. The van der Waals surface area contributed by atoms with Crippen LogP contribution in [-0.4, -0.2) is 26.3 Å². The largest absolute Gasteiger partial charge is 0.381 e. The van der Waals surface area contributed by atoms with Crippen LogP contribution in [0, 0.1) is 17.8 Å². The molecule has 1 saturated carbocycles. The maximum absolute atomic E-state index is 5.59. The zero-order valence-corrected chi connectivity index (χ0v) is 9.46. The lowest BCUT2D eigenvalue weighted by molar-refractivity contribution is 0.0225. The van der Waals surface area contributed by atoms with Crippen molar-refractivity contribution in [3.8, 4) is 0 Å². The van der Waals surface area contributed by atoms with Gasteiger partial charge in [-0.05, 0) is 50.5 Å². The Morgan fingerprint density at radius 2 is 2.07 bits per heavy atom. The Balaban J connectivity index is 1.91. The van der Waals surface area contributed by atoms with Gasteiger partial charge in [0.1, 0.15) is 0 Å². The molecule has 2 heteroatoms. The highest BCUT2D eigenvalue weighted by atomic mass is 16.5. The molecule has 1 aliphatic carbocycles. The first-order valence-electron chi connectivity index (χ1n) is 6.08. The van der Waals surface area contributed by atoms with E-state index in [1.54, 1.807) is 0 Å². The molecule has 14 heavy (non-hydrogen) atoms. The van der Waals surface area contributed by atoms with Crippen molar-refractivity contribution < 1.29 is 4.74 Å². The molecule has 4 unspecified atom stereocenters. The summed E-state index contributed by atoms with van der Waals surface area (Å²) in [6, 6.07) is 0.752. The van der Waals surface area contributed by atoms with Gasteiger partial charge in [-0.3, -0.25) is 0 Å². The molecule has 0 spiro atoms. The quantitative estimate of drug-likeness (QED) is 0.731. The lowest BCUT2D eigenvalue weighted by atomic mass is 9.81. The third-order valence-electron chi connectivity index (χ3n) is 4.29. The van der Waals surface area contributed by atoms with E-state index in [0.29, 0.717) is 0 Å². The molecule has 2 nitrogen and oxygen atoms in total. The predicted molar refractivity (Wildman–Crippen MR) is 58.3 cm³/mol. The highest BCUT2D eigenvalue weighted by Crippen LogP contribution is 2.39. The van der Waals surface area contributed by atoms with Crippen molar-refractivity contribution in [2.45, 2.75) is 38.6 Å². The van der Waals surface area contributed by atoms with Crippen molar-refractivity contribution in [2.24, 2.45) is 17.8 Å². The van der Waals surface area contributed by atoms with Gasteiger partial charge in [-0.15, -0.1) is 0 Å². The Hall–Kier alpha value is -0.0800. The van der Waals surface area contributed by atoms with E-state index < -0.39 is 0 Å². The summed E-state index contributed by atoms with van der Waals surface area (Å²) >= 11 is 0. The molecule has 2 fully saturated rings. The number of ether oxygens (including phenoxy) is 1. The number of rotatable bonds is 2. The van der Waals surface area contributed by atoms with Crippen molar-refractivity contribution in [1.29, 1.82) is 0 Å². The molecule has 0 bridgehead atoms. The average molecular weight is 197 g/mol. The van der Waals surface area contributed by atoms with Crippen LogP contribution < -0.4 is 5.32 Å². The highest BCUT2D eigenvalue weighted by molar-refractivity contribution is 4.90. The molecule has 0 radical (unpaired) electrons. The second kappa shape index (κ2) is 4.63. The third-order valence-corrected chi connectivity index (χ3v) is 4.29. The fraction of sp³-hybridized carbons (Fsp3) is 1.00. The Morgan fingerprint density at radius 1 is 1.21 bits per heavy atom. The number of hydrogen-bond donors (Lipinski definition) is 1. The van der Waals surface area contributed by atoms with E-state index in [4.69, 9.17) is 4.74 Å². The fourth-order valence-electron chi connectivity index (χ4n) is 3.37. The topological polar surface area (TPSA) is 21.3 Å². The SMILES string of the molecule is CNC1CCC(C2CCCOC2)C1C. The van der Waals surface area contributed by atoms with Crippen molar-refractivity contribution >= 4 is 0 Å². The van der Waals surface area contributed by atoms with E-state index in [0.717, 1.165) is 37.0 Å². The predicted octanol–water partition coefficient (Wildman–Crippen LogP) is 2.05. The summed E-state index contributed by atoms with van der Waals surface area (Å²) in [5.74, 6) is 2.59. The van der Waals surface area contributed by atoms with Crippen LogP contribution in [0.3, 0.4) is 0 Å². The first-order valence-corrected chi connectivity index (χ1v) is 6.08. The molecule has 4 atom stereocenters. The molecule has 2 aliphatic rings. The van der Waals surface area contributed by atoms with E-state index in [2.05, 4.69) is 19.3 Å². The first kappa shape index (κ1) is 10.4. The van der Waals surface area contributed by atoms with Gasteiger partial charge in [-0.1, -0.05) is 6.92 Å². The highest BCUT2D eigenvalue weighted by Gasteiger charge is 2.37. The van der Waals surface area contributed by atoms with Crippen LogP contribution in [-0.2, 0) is 4.74 Å². The van der Waals surface area contributed by atoms with Crippen molar-refractivity contribution in [3.63, 3.8) is 0 Å². The molecule has 0 aromatic carbocycles. The molecule has 82 valence electrons. The minimum absolute atomic E-state index is 0.752. The molecule has 1 aliphatic heterocycles.